The van der Waals surface area contributed by atoms with Crippen LogP contribution in [0.3, 0.4) is 0 Å². The van der Waals surface area contributed by atoms with Gasteiger partial charge >= 0.3 is 0 Å². The molecule has 24 heavy (non-hydrogen) atoms. The number of aryl methyl sites for hydroxylation is 1. The third-order valence-electron chi connectivity index (χ3n) is 4.35. The van der Waals surface area contributed by atoms with Gasteiger partial charge < -0.3 is 15.6 Å². The lowest BCUT2D eigenvalue weighted by molar-refractivity contribution is 0.724. The predicted octanol–water partition coefficient (Wildman–Crippen LogP) is 3.70. The summed E-state index contributed by atoms with van der Waals surface area (Å²) in [7, 11) is 1.84. The highest BCUT2D eigenvalue weighted by molar-refractivity contribution is 14.0. The van der Waals surface area contributed by atoms with Gasteiger partial charge in [-0.2, -0.15) is 11.8 Å². The van der Waals surface area contributed by atoms with E-state index in [1.54, 1.807) is 0 Å². The zero-order chi connectivity index (χ0) is 16.1. The number of hydrogen-bond donors (Lipinski definition) is 3. The molecule has 6 heteroatoms. The molecule has 3 rings (SSSR count). The van der Waals surface area contributed by atoms with Gasteiger partial charge in [0.25, 0.3) is 0 Å². The molecule has 1 aliphatic rings. The van der Waals surface area contributed by atoms with Crippen LogP contribution in [0.2, 0.25) is 0 Å². The summed E-state index contributed by atoms with van der Waals surface area (Å²) >= 11 is 2.07. The number of benzene rings is 1. The Morgan fingerprint density at radius 1 is 1.38 bits per heavy atom. The molecule has 2 heterocycles. The third kappa shape index (κ3) is 5.05. The highest BCUT2D eigenvalue weighted by Crippen LogP contribution is 2.25. The first-order chi connectivity index (χ1) is 11.3. The highest BCUT2D eigenvalue weighted by Gasteiger charge is 2.15. The van der Waals surface area contributed by atoms with Gasteiger partial charge in [0.15, 0.2) is 5.96 Å². The van der Waals surface area contributed by atoms with Gasteiger partial charge in [-0.1, -0.05) is 12.1 Å². The molecule has 1 fully saturated rings. The number of nitrogens with zero attached hydrogens (tertiary/aromatic N) is 1. The molecule has 0 bridgehead atoms. The van der Waals surface area contributed by atoms with Gasteiger partial charge in [-0.25, -0.2) is 0 Å². The lowest BCUT2D eigenvalue weighted by atomic mass is 10.1. The number of H-pyrrole nitrogens is 1. The maximum atomic E-state index is 4.32. The summed E-state index contributed by atoms with van der Waals surface area (Å²) in [5, 5.41) is 8.93. The molecule has 1 aromatic heterocycles. The van der Waals surface area contributed by atoms with Crippen molar-refractivity contribution >= 4 is 52.6 Å². The summed E-state index contributed by atoms with van der Waals surface area (Å²) < 4.78 is 0. The van der Waals surface area contributed by atoms with Gasteiger partial charge in [0.2, 0.25) is 0 Å². The van der Waals surface area contributed by atoms with Crippen LogP contribution >= 0.6 is 35.7 Å². The van der Waals surface area contributed by atoms with E-state index >= 15 is 0 Å². The number of fused-ring (bicyclic) bond motifs is 1. The van der Waals surface area contributed by atoms with Crippen LogP contribution in [-0.4, -0.2) is 42.1 Å². The monoisotopic (exact) mass is 458 g/mol. The Kier molecular flexibility index (Phi) is 7.74. The number of halogens is 1. The molecule has 1 unspecified atom stereocenters. The van der Waals surface area contributed by atoms with E-state index in [1.807, 2.05) is 7.05 Å². The predicted molar refractivity (Wildman–Crippen MR) is 117 cm³/mol. The minimum atomic E-state index is 0. The second-order valence-corrected chi connectivity index (χ2v) is 7.54. The summed E-state index contributed by atoms with van der Waals surface area (Å²) in [6.45, 7) is 4.02. The molecule has 4 nitrogen and oxygen atoms in total. The third-order valence-corrected chi connectivity index (χ3v) is 5.75. The average Bonchev–Trinajstić information content (AvgIpc) is 3.20. The van der Waals surface area contributed by atoms with Gasteiger partial charge in [-0.15, -0.1) is 24.0 Å². The Balaban J connectivity index is 0.00000208. The van der Waals surface area contributed by atoms with Crippen molar-refractivity contribution in [2.75, 3.05) is 25.9 Å². The zero-order valence-corrected chi connectivity index (χ0v) is 17.5. The SMILES string of the molecule is CN=C(NCCc1c[nH]c2cc(C)ccc12)NCC1CCCS1.I. The molecule has 3 N–H and O–H groups in total. The van der Waals surface area contributed by atoms with Gasteiger partial charge in [0, 0.05) is 42.5 Å². The van der Waals surface area contributed by atoms with Crippen molar-refractivity contribution in [1.29, 1.82) is 0 Å². The number of aromatic amines is 1. The number of rotatable bonds is 5. The van der Waals surface area contributed by atoms with Crippen molar-refractivity contribution < 1.29 is 0 Å². The number of thioether (sulfide) groups is 1. The van der Waals surface area contributed by atoms with E-state index in [0.29, 0.717) is 0 Å². The maximum absolute atomic E-state index is 4.32. The Morgan fingerprint density at radius 3 is 3.00 bits per heavy atom. The summed E-state index contributed by atoms with van der Waals surface area (Å²) in [5.41, 5.74) is 3.87. The molecular formula is C18H27IN4S. The van der Waals surface area contributed by atoms with Crippen molar-refractivity contribution in [1.82, 2.24) is 15.6 Å². The van der Waals surface area contributed by atoms with Crippen LogP contribution in [0, 0.1) is 6.92 Å². The normalized spacial score (nSPS) is 17.8. The van der Waals surface area contributed by atoms with E-state index < -0.39 is 0 Å². The topological polar surface area (TPSA) is 52.2 Å². The van der Waals surface area contributed by atoms with E-state index in [4.69, 9.17) is 0 Å². The van der Waals surface area contributed by atoms with E-state index in [1.165, 1.54) is 40.6 Å². The van der Waals surface area contributed by atoms with Crippen LogP contribution in [0.15, 0.2) is 29.4 Å². The summed E-state index contributed by atoms with van der Waals surface area (Å²) in [6.07, 6.45) is 5.78. The van der Waals surface area contributed by atoms with E-state index in [9.17, 15) is 0 Å². The zero-order valence-electron chi connectivity index (χ0n) is 14.4. The van der Waals surface area contributed by atoms with Gasteiger partial charge in [-0.05, 0) is 49.1 Å². The average molecular weight is 458 g/mol. The second-order valence-electron chi connectivity index (χ2n) is 6.13. The van der Waals surface area contributed by atoms with Crippen molar-refractivity contribution in [3.63, 3.8) is 0 Å². The van der Waals surface area contributed by atoms with Gasteiger partial charge in [0.1, 0.15) is 0 Å². The summed E-state index contributed by atoms with van der Waals surface area (Å²) in [6, 6.07) is 6.58. The van der Waals surface area contributed by atoms with Crippen molar-refractivity contribution in [3.8, 4) is 0 Å². The van der Waals surface area contributed by atoms with E-state index in [-0.39, 0.29) is 24.0 Å². The fraction of sp³-hybridized carbons (Fsp3) is 0.500. The maximum Gasteiger partial charge on any atom is 0.191 e. The highest BCUT2D eigenvalue weighted by atomic mass is 127. The minimum Gasteiger partial charge on any atom is -0.361 e. The number of aromatic nitrogens is 1. The molecular weight excluding hydrogens is 431 g/mol. The molecule has 132 valence electrons. The minimum absolute atomic E-state index is 0. The molecule has 2 aromatic rings. The van der Waals surface area contributed by atoms with Crippen LogP contribution < -0.4 is 10.6 Å². The van der Waals surface area contributed by atoms with Crippen LogP contribution in [0.4, 0.5) is 0 Å². The molecule has 1 saturated heterocycles. The number of aliphatic imine (C=N–C) groups is 1. The second kappa shape index (κ2) is 9.56. The molecule has 0 radical (unpaired) electrons. The molecule has 1 atom stereocenters. The molecule has 1 aromatic carbocycles. The van der Waals surface area contributed by atoms with Gasteiger partial charge in [-0.3, -0.25) is 4.99 Å². The van der Waals surface area contributed by atoms with Crippen LogP contribution in [0.1, 0.15) is 24.0 Å². The number of hydrogen-bond acceptors (Lipinski definition) is 2. The quantitative estimate of drug-likeness (QED) is 0.364. The van der Waals surface area contributed by atoms with Crippen LogP contribution in [0.5, 0.6) is 0 Å². The van der Waals surface area contributed by atoms with Gasteiger partial charge in [0.05, 0.1) is 0 Å². The van der Waals surface area contributed by atoms with Crippen molar-refractivity contribution in [2.45, 2.75) is 31.4 Å². The van der Waals surface area contributed by atoms with Crippen LogP contribution in [0.25, 0.3) is 10.9 Å². The largest absolute Gasteiger partial charge is 0.361 e. The Morgan fingerprint density at radius 2 is 2.25 bits per heavy atom. The van der Waals surface area contributed by atoms with Crippen LogP contribution in [-0.2, 0) is 6.42 Å². The number of nitrogens with one attached hydrogen (secondary N) is 3. The lowest BCUT2D eigenvalue weighted by Crippen LogP contribution is -2.40. The lowest BCUT2D eigenvalue weighted by Gasteiger charge is -2.14. The first-order valence-corrected chi connectivity index (χ1v) is 9.44. The van der Waals surface area contributed by atoms with E-state index in [2.05, 4.69) is 63.7 Å². The first-order valence-electron chi connectivity index (χ1n) is 8.39. The molecule has 0 saturated carbocycles. The van der Waals surface area contributed by atoms with Crippen molar-refractivity contribution in [3.05, 3.63) is 35.5 Å². The fourth-order valence-electron chi connectivity index (χ4n) is 3.06. The first kappa shape index (κ1) is 19.4. The molecule has 0 spiro atoms. The molecule has 0 aliphatic carbocycles. The molecule has 0 amide bonds. The fourth-order valence-corrected chi connectivity index (χ4v) is 4.26. The Labute approximate surface area is 165 Å². The smallest absolute Gasteiger partial charge is 0.191 e. The standard InChI is InChI=1S/C18H26N4S.HI/c1-13-5-6-16-14(11-21-17(16)10-13)7-8-20-18(19-2)22-12-15-4-3-9-23-15;/h5-6,10-11,15,21H,3-4,7-9,12H2,1-2H3,(H2,19,20,22);1H. The summed E-state index contributed by atoms with van der Waals surface area (Å²) in [5.74, 6) is 2.21. The Hall–Kier alpha value is -0.890. The Bertz CT molecular complexity index is 677. The van der Waals surface area contributed by atoms with E-state index in [0.717, 1.165) is 30.7 Å². The summed E-state index contributed by atoms with van der Waals surface area (Å²) in [4.78, 5) is 7.69. The van der Waals surface area contributed by atoms with Crippen molar-refractivity contribution in [2.24, 2.45) is 4.99 Å². The number of guanidine groups is 1. The molecule has 1 aliphatic heterocycles.